The van der Waals surface area contributed by atoms with Crippen LogP contribution in [0.25, 0.3) is 5.69 Å². The summed E-state index contributed by atoms with van der Waals surface area (Å²) in [6.45, 7) is 2.00. The Kier molecular flexibility index (Phi) is 4.30. The SMILES string of the molecule is COCC(=O)N[C@@H](C)c1ccccc1-n1cccn1. The van der Waals surface area contributed by atoms with Crippen LogP contribution in [0.5, 0.6) is 0 Å². The van der Waals surface area contributed by atoms with Gasteiger partial charge < -0.3 is 10.1 Å². The number of rotatable bonds is 5. The number of hydrogen-bond acceptors (Lipinski definition) is 3. The van der Waals surface area contributed by atoms with Gasteiger partial charge in [0, 0.05) is 19.5 Å². The fourth-order valence-corrected chi connectivity index (χ4v) is 1.97. The van der Waals surface area contributed by atoms with E-state index in [0.717, 1.165) is 11.3 Å². The van der Waals surface area contributed by atoms with Crippen LogP contribution in [0.4, 0.5) is 0 Å². The van der Waals surface area contributed by atoms with E-state index >= 15 is 0 Å². The number of para-hydroxylation sites is 1. The molecule has 1 N–H and O–H groups in total. The van der Waals surface area contributed by atoms with Gasteiger partial charge in [0.1, 0.15) is 6.61 Å². The quantitative estimate of drug-likeness (QED) is 0.889. The van der Waals surface area contributed by atoms with E-state index in [2.05, 4.69) is 10.4 Å². The monoisotopic (exact) mass is 259 g/mol. The Morgan fingerprint density at radius 2 is 2.21 bits per heavy atom. The number of carbonyl (C=O) groups excluding carboxylic acids is 1. The van der Waals surface area contributed by atoms with Crippen molar-refractivity contribution in [1.29, 1.82) is 0 Å². The fourth-order valence-electron chi connectivity index (χ4n) is 1.97. The Morgan fingerprint density at radius 1 is 1.42 bits per heavy atom. The molecule has 1 aromatic heterocycles. The van der Waals surface area contributed by atoms with Gasteiger partial charge in [-0.3, -0.25) is 4.79 Å². The average Bonchev–Trinajstić information content (AvgIpc) is 2.92. The minimum absolute atomic E-state index is 0.0638. The van der Waals surface area contributed by atoms with Gasteiger partial charge in [-0.2, -0.15) is 5.10 Å². The summed E-state index contributed by atoms with van der Waals surface area (Å²) >= 11 is 0. The molecule has 2 aromatic rings. The van der Waals surface area contributed by atoms with E-state index in [1.165, 1.54) is 7.11 Å². The van der Waals surface area contributed by atoms with Gasteiger partial charge in [0.2, 0.25) is 5.91 Å². The van der Waals surface area contributed by atoms with Crippen molar-refractivity contribution in [3.63, 3.8) is 0 Å². The third-order valence-electron chi connectivity index (χ3n) is 2.81. The van der Waals surface area contributed by atoms with E-state index < -0.39 is 0 Å². The second-order valence-electron chi connectivity index (χ2n) is 4.23. The highest BCUT2D eigenvalue weighted by molar-refractivity contribution is 5.77. The lowest BCUT2D eigenvalue weighted by molar-refractivity contribution is -0.125. The number of hydrogen-bond donors (Lipinski definition) is 1. The first-order valence-corrected chi connectivity index (χ1v) is 6.09. The highest BCUT2D eigenvalue weighted by Crippen LogP contribution is 2.20. The van der Waals surface area contributed by atoms with Crippen molar-refractivity contribution < 1.29 is 9.53 Å². The Balaban J connectivity index is 2.22. The van der Waals surface area contributed by atoms with Crippen molar-refractivity contribution in [3.05, 3.63) is 48.3 Å². The molecule has 5 nitrogen and oxygen atoms in total. The molecule has 100 valence electrons. The average molecular weight is 259 g/mol. The molecule has 1 heterocycles. The second-order valence-corrected chi connectivity index (χ2v) is 4.23. The van der Waals surface area contributed by atoms with Crippen LogP contribution in [0, 0.1) is 0 Å². The van der Waals surface area contributed by atoms with Crippen LogP contribution >= 0.6 is 0 Å². The number of amides is 1. The molecule has 0 aliphatic heterocycles. The lowest BCUT2D eigenvalue weighted by Crippen LogP contribution is -2.30. The summed E-state index contributed by atoms with van der Waals surface area (Å²) in [6.07, 6.45) is 3.60. The smallest absolute Gasteiger partial charge is 0.246 e. The molecule has 5 heteroatoms. The summed E-state index contributed by atoms with van der Waals surface area (Å²) in [5.74, 6) is -0.134. The third-order valence-corrected chi connectivity index (χ3v) is 2.81. The normalized spacial score (nSPS) is 12.1. The van der Waals surface area contributed by atoms with E-state index in [9.17, 15) is 4.79 Å². The van der Waals surface area contributed by atoms with Crippen molar-refractivity contribution in [2.75, 3.05) is 13.7 Å². The van der Waals surface area contributed by atoms with Crippen LogP contribution in [0.3, 0.4) is 0 Å². The molecule has 1 atom stereocenters. The van der Waals surface area contributed by atoms with Crippen LogP contribution in [-0.2, 0) is 9.53 Å². The van der Waals surface area contributed by atoms with Crippen molar-refractivity contribution >= 4 is 5.91 Å². The molecule has 19 heavy (non-hydrogen) atoms. The van der Waals surface area contributed by atoms with Gasteiger partial charge in [-0.1, -0.05) is 18.2 Å². The van der Waals surface area contributed by atoms with Crippen molar-refractivity contribution in [3.8, 4) is 5.69 Å². The second kappa shape index (κ2) is 6.15. The molecule has 2 rings (SSSR count). The van der Waals surface area contributed by atoms with Crippen molar-refractivity contribution in [1.82, 2.24) is 15.1 Å². The highest BCUT2D eigenvalue weighted by atomic mass is 16.5. The summed E-state index contributed by atoms with van der Waals surface area (Å²) in [5.41, 5.74) is 1.97. The minimum Gasteiger partial charge on any atom is -0.375 e. The molecule has 0 unspecified atom stereocenters. The number of nitrogens with zero attached hydrogens (tertiary/aromatic N) is 2. The standard InChI is InChI=1S/C14H17N3O2/c1-11(16-14(18)10-19-2)12-6-3-4-7-13(12)17-9-5-8-15-17/h3-9,11H,10H2,1-2H3,(H,16,18)/t11-/m0/s1. The van der Waals surface area contributed by atoms with Crippen LogP contribution in [0.1, 0.15) is 18.5 Å². The first-order valence-electron chi connectivity index (χ1n) is 6.09. The maximum Gasteiger partial charge on any atom is 0.246 e. The fraction of sp³-hybridized carbons (Fsp3) is 0.286. The van der Waals surface area contributed by atoms with E-state index in [1.807, 2.05) is 43.5 Å². The zero-order valence-electron chi connectivity index (χ0n) is 11.0. The number of benzene rings is 1. The maximum atomic E-state index is 11.6. The van der Waals surface area contributed by atoms with E-state index in [0.29, 0.717) is 0 Å². The molecular weight excluding hydrogens is 242 g/mol. The zero-order valence-corrected chi connectivity index (χ0v) is 11.0. The maximum absolute atomic E-state index is 11.6. The van der Waals surface area contributed by atoms with Crippen LogP contribution in [0.15, 0.2) is 42.7 Å². The van der Waals surface area contributed by atoms with Gasteiger partial charge in [0.25, 0.3) is 0 Å². The lowest BCUT2D eigenvalue weighted by atomic mass is 10.1. The van der Waals surface area contributed by atoms with E-state index in [1.54, 1.807) is 10.9 Å². The number of nitrogens with one attached hydrogen (secondary N) is 1. The zero-order chi connectivity index (χ0) is 13.7. The van der Waals surface area contributed by atoms with Gasteiger partial charge in [-0.25, -0.2) is 4.68 Å². The van der Waals surface area contributed by atoms with Crippen LogP contribution < -0.4 is 5.32 Å². The summed E-state index contributed by atoms with van der Waals surface area (Å²) in [7, 11) is 1.50. The Morgan fingerprint density at radius 3 is 2.89 bits per heavy atom. The van der Waals surface area contributed by atoms with Crippen molar-refractivity contribution in [2.45, 2.75) is 13.0 Å². The molecule has 0 bridgehead atoms. The van der Waals surface area contributed by atoms with Crippen molar-refractivity contribution in [2.24, 2.45) is 0 Å². The predicted molar refractivity (Wildman–Crippen MR) is 72.0 cm³/mol. The first-order chi connectivity index (χ1) is 9.22. The summed E-state index contributed by atoms with van der Waals surface area (Å²) in [4.78, 5) is 11.6. The largest absolute Gasteiger partial charge is 0.375 e. The molecular formula is C14H17N3O2. The minimum atomic E-state index is -0.134. The highest BCUT2D eigenvalue weighted by Gasteiger charge is 2.13. The van der Waals surface area contributed by atoms with Crippen LogP contribution in [-0.4, -0.2) is 29.4 Å². The molecule has 0 saturated heterocycles. The Hall–Kier alpha value is -2.14. The van der Waals surface area contributed by atoms with Gasteiger partial charge in [-0.15, -0.1) is 0 Å². The Bertz CT molecular complexity index is 537. The molecule has 1 amide bonds. The van der Waals surface area contributed by atoms with E-state index in [4.69, 9.17) is 4.74 Å². The molecule has 0 fully saturated rings. The predicted octanol–water partition coefficient (Wildman–Crippen LogP) is 1.70. The molecule has 0 spiro atoms. The topological polar surface area (TPSA) is 56.1 Å². The van der Waals surface area contributed by atoms with Crippen LogP contribution in [0.2, 0.25) is 0 Å². The summed E-state index contributed by atoms with van der Waals surface area (Å²) in [6, 6.07) is 9.61. The van der Waals surface area contributed by atoms with Gasteiger partial charge in [0.15, 0.2) is 0 Å². The molecule has 0 aliphatic carbocycles. The third kappa shape index (κ3) is 3.20. The van der Waals surface area contributed by atoms with E-state index in [-0.39, 0.29) is 18.6 Å². The summed E-state index contributed by atoms with van der Waals surface area (Å²) < 4.78 is 6.60. The van der Waals surface area contributed by atoms with Gasteiger partial charge >= 0.3 is 0 Å². The number of aromatic nitrogens is 2. The number of ether oxygens (including phenoxy) is 1. The van der Waals surface area contributed by atoms with Gasteiger partial charge in [0.05, 0.1) is 11.7 Å². The molecule has 1 aromatic carbocycles. The first kappa shape index (κ1) is 13.3. The molecule has 0 aliphatic rings. The molecule has 0 radical (unpaired) electrons. The summed E-state index contributed by atoms with van der Waals surface area (Å²) in [5, 5.41) is 7.12. The van der Waals surface area contributed by atoms with Gasteiger partial charge in [-0.05, 0) is 24.6 Å². The Labute approximate surface area is 112 Å². The number of carbonyl (C=O) groups is 1. The lowest BCUT2D eigenvalue weighted by Gasteiger charge is -2.17. The molecule has 0 saturated carbocycles. The number of methoxy groups -OCH3 is 1.